The highest BCUT2D eigenvalue weighted by atomic mass is 32.2. The Kier molecular flexibility index (Phi) is 5.76. The Morgan fingerprint density at radius 1 is 1.25 bits per heavy atom. The lowest BCUT2D eigenvalue weighted by Crippen LogP contribution is -2.21. The zero-order valence-electron chi connectivity index (χ0n) is 10.2. The summed E-state index contributed by atoms with van der Waals surface area (Å²) >= 11 is 0. The minimum absolute atomic E-state index is 0.00354. The van der Waals surface area contributed by atoms with E-state index in [1.807, 2.05) is 0 Å². The summed E-state index contributed by atoms with van der Waals surface area (Å²) in [4.78, 5) is 0. The first-order valence-corrected chi connectivity index (χ1v) is 8.26. The van der Waals surface area contributed by atoms with E-state index in [-0.39, 0.29) is 17.4 Å². The summed E-state index contributed by atoms with van der Waals surface area (Å²) in [5, 5.41) is 9.87. The van der Waals surface area contributed by atoms with Crippen molar-refractivity contribution in [1.82, 2.24) is 0 Å². The van der Waals surface area contributed by atoms with E-state index < -0.39 is 15.9 Å². The lowest BCUT2D eigenvalue weighted by Gasteiger charge is -2.16. The first kappa shape index (κ1) is 14.0. The van der Waals surface area contributed by atoms with Gasteiger partial charge in [0.2, 0.25) is 0 Å². The van der Waals surface area contributed by atoms with Crippen molar-refractivity contribution in [2.75, 3.05) is 11.5 Å². The molecule has 0 amide bonds. The minimum Gasteiger partial charge on any atom is -0.393 e. The van der Waals surface area contributed by atoms with Gasteiger partial charge < -0.3 is 5.11 Å². The number of hydrogen-bond acceptors (Lipinski definition) is 3. The second-order valence-corrected chi connectivity index (χ2v) is 7.16. The molecule has 0 spiro atoms. The van der Waals surface area contributed by atoms with Gasteiger partial charge in [-0.2, -0.15) is 0 Å². The van der Waals surface area contributed by atoms with E-state index in [0.717, 1.165) is 19.3 Å². The van der Waals surface area contributed by atoms with Crippen LogP contribution in [0.1, 0.15) is 51.9 Å². The van der Waals surface area contributed by atoms with E-state index in [0.29, 0.717) is 6.42 Å². The molecule has 0 radical (unpaired) electrons. The first-order valence-electron chi connectivity index (χ1n) is 6.43. The van der Waals surface area contributed by atoms with Crippen molar-refractivity contribution < 1.29 is 13.5 Å². The van der Waals surface area contributed by atoms with E-state index in [4.69, 9.17) is 0 Å². The summed E-state index contributed by atoms with van der Waals surface area (Å²) in [5.41, 5.74) is 0. The highest BCUT2D eigenvalue weighted by Gasteiger charge is 2.32. The van der Waals surface area contributed by atoms with Crippen LogP contribution >= 0.6 is 0 Å². The Morgan fingerprint density at radius 3 is 2.50 bits per heavy atom. The number of aliphatic hydroxyl groups is 1. The number of rotatable bonds is 7. The van der Waals surface area contributed by atoms with E-state index in [1.54, 1.807) is 0 Å². The van der Waals surface area contributed by atoms with Crippen molar-refractivity contribution in [2.45, 2.75) is 58.0 Å². The van der Waals surface area contributed by atoms with Crippen LogP contribution < -0.4 is 0 Å². The third kappa shape index (κ3) is 4.83. The largest absolute Gasteiger partial charge is 0.393 e. The van der Waals surface area contributed by atoms with Gasteiger partial charge >= 0.3 is 0 Å². The van der Waals surface area contributed by atoms with E-state index in [1.165, 1.54) is 19.3 Å². The quantitative estimate of drug-likeness (QED) is 0.702. The molecule has 1 heterocycles. The molecule has 1 fully saturated rings. The van der Waals surface area contributed by atoms with Crippen molar-refractivity contribution in [3.63, 3.8) is 0 Å². The minimum atomic E-state index is -2.84. The molecule has 1 aliphatic rings. The second kappa shape index (κ2) is 6.60. The number of unbranched alkanes of at least 4 members (excludes halogenated alkanes) is 4. The van der Waals surface area contributed by atoms with Gasteiger partial charge in [-0.15, -0.1) is 0 Å². The number of sulfone groups is 1. The summed E-state index contributed by atoms with van der Waals surface area (Å²) in [6.07, 6.45) is 6.91. The molecule has 2 atom stereocenters. The van der Waals surface area contributed by atoms with Crippen molar-refractivity contribution in [3.05, 3.63) is 0 Å². The average molecular weight is 248 g/mol. The van der Waals surface area contributed by atoms with Gasteiger partial charge in [-0.3, -0.25) is 0 Å². The molecule has 1 rings (SSSR count). The summed E-state index contributed by atoms with van der Waals surface area (Å²) < 4.78 is 22.5. The van der Waals surface area contributed by atoms with Crippen molar-refractivity contribution in [1.29, 1.82) is 0 Å². The first-order chi connectivity index (χ1) is 7.55. The van der Waals surface area contributed by atoms with Gasteiger partial charge in [-0.25, -0.2) is 8.42 Å². The van der Waals surface area contributed by atoms with E-state index in [9.17, 15) is 13.5 Å². The van der Waals surface area contributed by atoms with Crippen LogP contribution in [0.4, 0.5) is 0 Å². The molecule has 1 N–H and O–H groups in total. The number of hydrogen-bond donors (Lipinski definition) is 1. The molecule has 3 nitrogen and oxygen atoms in total. The Bertz CT molecular complexity index is 285. The molecule has 16 heavy (non-hydrogen) atoms. The highest BCUT2D eigenvalue weighted by molar-refractivity contribution is 7.91. The van der Waals surface area contributed by atoms with Gasteiger partial charge in [-0.1, -0.05) is 39.0 Å². The molecule has 96 valence electrons. The molecule has 0 aliphatic carbocycles. The molecular weight excluding hydrogens is 224 g/mol. The zero-order valence-corrected chi connectivity index (χ0v) is 11.0. The molecule has 0 aromatic rings. The van der Waals surface area contributed by atoms with Crippen LogP contribution in [0, 0.1) is 5.92 Å². The highest BCUT2D eigenvalue weighted by Crippen LogP contribution is 2.24. The summed E-state index contributed by atoms with van der Waals surface area (Å²) in [7, 11) is -2.84. The maximum Gasteiger partial charge on any atom is 0.150 e. The SMILES string of the molecule is CCCCCCCC(O)C1CCS(=O)(=O)C1. The van der Waals surface area contributed by atoms with Crippen LogP contribution in [0.3, 0.4) is 0 Å². The van der Waals surface area contributed by atoms with E-state index in [2.05, 4.69) is 6.92 Å². The van der Waals surface area contributed by atoms with Gasteiger partial charge in [0.1, 0.15) is 0 Å². The van der Waals surface area contributed by atoms with Crippen molar-refractivity contribution >= 4 is 9.84 Å². The lowest BCUT2D eigenvalue weighted by molar-refractivity contribution is 0.108. The molecule has 0 aromatic carbocycles. The van der Waals surface area contributed by atoms with Crippen LogP contribution in [-0.4, -0.2) is 31.1 Å². The molecule has 4 heteroatoms. The topological polar surface area (TPSA) is 54.4 Å². The van der Waals surface area contributed by atoms with Gasteiger partial charge in [0.25, 0.3) is 0 Å². The molecule has 2 unspecified atom stereocenters. The normalized spacial score (nSPS) is 25.8. The van der Waals surface area contributed by atoms with Gasteiger partial charge in [-0.05, 0) is 18.8 Å². The summed E-state index contributed by atoms with van der Waals surface area (Å²) in [6, 6.07) is 0. The lowest BCUT2D eigenvalue weighted by atomic mass is 9.96. The fourth-order valence-electron chi connectivity index (χ4n) is 2.32. The zero-order chi connectivity index (χ0) is 12.0. The van der Waals surface area contributed by atoms with Crippen molar-refractivity contribution in [2.24, 2.45) is 5.92 Å². The second-order valence-electron chi connectivity index (χ2n) is 4.93. The standard InChI is InChI=1S/C12H24O3S/c1-2-3-4-5-6-7-12(13)11-8-9-16(14,15)10-11/h11-13H,2-10H2,1H3. The van der Waals surface area contributed by atoms with Crippen molar-refractivity contribution in [3.8, 4) is 0 Å². The third-order valence-corrected chi connectivity index (χ3v) is 5.21. The molecular formula is C12H24O3S. The van der Waals surface area contributed by atoms with Crippen LogP contribution in [0.5, 0.6) is 0 Å². The predicted molar refractivity (Wildman–Crippen MR) is 66.1 cm³/mol. The van der Waals surface area contributed by atoms with Crippen LogP contribution in [-0.2, 0) is 9.84 Å². The Labute approximate surface area is 99.2 Å². The monoisotopic (exact) mass is 248 g/mol. The molecule has 0 bridgehead atoms. The molecule has 0 saturated carbocycles. The third-order valence-electron chi connectivity index (χ3n) is 3.42. The average Bonchev–Trinajstić information content (AvgIpc) is 2.58. The Balaban J connectivity index is 2.14. The Morgan fingerprint density at radius 2 is 1.94 bits per heavy atom. The smallest absolute Gasteiger partial charge is 0.150 e. The van der Waals surface area contributed by atoms with Gasteiger partial charge in [0, 0.05) is 0 Å². The molecule has 0 aromatic heterocycles. The van der Waals surface area contributed by atoms with Crippen LogP contribution in [0.15, 0.2) is 0 Å². The fraction of sp³-hybridized carbons (Fsp3) is 1.00. The Hall–Kier alpha value is -0.0900. The van der Waals surface area contributed by atoms with Crippen LogP contribution in [0.25, 0.3) is 0 Å². The summed E-state index contributed by atoms with van der Waals surface area (Å²) in [6.45, 7) is 2.18. The number of aliphatic hydroxyl groups excluding tert-OH is 1. The van der Waals surface area contributed by atoms with Gasteiger partial charge in [0.15, 0.2) is 9.84 Å². The summed E-state index contributed by atoms with van der Waals surface area (Å²) in [5.74, 6) is 0.462. The van der Waals surface area contributed by atoms with E-state index >= 15 is 0 Å². The maximum atomic E-state index is 11.2. The molecule has 1 saturated heterocycles. The molecule has 1 aliphatic heterocycles. The van der Waals surface area contributed by atoms with Crippen LogP contribution in [0.2, 0.25) is 0 Å². The fourth-order valence-corrected chi connectivity index (χ4v) is 4.19. The maximum absolute atomic E-state index is 11.2. The van der Waals surface area contributed by atoms with Gasteiger partial charge in [0.05, 0.1) is 17.6 Å². The predicted octanol–water partition coefficient (Wildman–Crippen LogP) is 2.14.